The predicted octanol–water partition coefficient (Wildman–Crippen LogP) is 0.894. The third-order valence-corrected chi connectivity index (χ3v) is 3.55. The van der Waals surface area contributed by atoms with Crippen LogP contribution in [0.3, 0.4) is 0 Å². The molecule has 0 aromatic rings. The van der Waals surface area contributed by atoms with Gasteiger partial charge >= 0.3 is 12.0 Å². The van der Waals surface area contributed by atoms with Crippen molar-refractivity contribution < 1.29 is 19.5 Å². The van der Waals surface area contributed by atoms with Crippen LogP contribution in [0.1, 0.15) is 39.5 Å². The molecule has 0 aromatic heterocycles. The number of carbonyl (C=O) groups excluding carboxylic acids is 2. The zero-order chi connectivity index (χ0) is 15.8. The van der Waals surface area contributed by atoms with Crippen LogP contribution in [0.5, 0.6) is 0 Å². The lowest BCUT2D eigenvalue weighted by Gasteiger charge is -2.23. The van der Waals surface area contributed by atoms with Gasteiger partial charge < -0.3 is 20.2 Å². The Hall–Kier alpha value is -1.79. The molecule has 0 atom stereocenters. The standard InChI is InChI=1S/C14H25N3O4/c1-3-16(4-2)12(18)7-9-15-14(21)17(11-5-6-11)10-8-13(19)20/h11H,3-10H2,1-2H3,(H,15,21)(H,19,20). The van der Waals surface area contributed by atoms with Gasteiger partial charge in [0.25, 0.3) is 0 Å². The lowest BCUT2D eigenvalue weighted by molar-refractivity contribution is -0.137. The number of urea groups is 1. The lowest BCUT2D eigenvalue weighted by atomic mass is 10.3. The molecule has 0 spiro atoms. The molecule has 1 aliphatic rings. The van der Waals surface area contributed by atoms with E-state index >= 15 is 0 Å². The number of carbonyl (C=O) groups is 3. The lowest BCUT2D eigenvalue weighted by Crippen LogP contribution is -2.43. The summed E-state index contributed by atoms with van der Waals surface area (Å²) >= 11 is 0. The number of carboxylic acids is 1. The highest BCUT2D eigenvalue weighted by molar-refractivity contribution is 5.79. The van der Waals surface area contributed by atoms with E-state index < -0.39 is 5.97 Å². The Kier molecular flexibility index (Phi) is 6.98. The van der Waals surface area contributed by atoms with Crippen molar-refractivity contribution in [1.29, 1.82) is 0 Å². The molecule has 21 heavy (non-hydrogen) atoms. The number of amides is 3. The van der Waals surface area contributed by atoms with Crippen LogP contribution < -0.4 is 5.32 Å². The van der Waals surface area contributed by atoms with Crippen LogP contribution in [0.2, 0.25) is 0 Å². The van der Waals surface area contributed by atoms with Crippen LogP contribution in [-0.4, -0.2) is 65.0 Å². The van der Waals surface area contributed by atoms with Gasteiger partial charge in [0.1, 0.15) is 0 Å². The molecule has 1 fully saturated rings. The molecule has 0 radical (unpaired) electrons. The SMILES string of the molecule is CCN(CC)C(=O)CCNC(=O)N(CCC(=O)O)C1CC1. The maximum atomic E-state index is 12.0. The van der Waals surface area contributed by atoms with Crippen molar-refractivity contribution in [3.8, 4) is 0 Å². The minimum Gasteiger partial charge on any atom is -0.481 e. The van der Waals surface area contributed by atoms with Crippen molar-refractivity contribution >= 4 is 17.9 Å². The Balaban J connectivity index is 2.33. The van der Waals surface area contributed by atoms with Crippen molar-refractivity contribution in [3.05, 3.63) is 0 Å². The van der Waals surface area contributed by atoms with Gasteiger partial charge in [-0.25, -0.2) is 4.79 Å². The van der Waals surface area contributed by atoms with Crippen molar-refractivity contribution in [2.24, 2.45) is 0 Å². The van der Waals surface area contributed by atoms with Crippen molar-refractivity contribution in [1.82, 2.24) is 15.1 Å². The minimum atomic E-state index is -0.912. The van der Waals surface area contributed by atoms with Crippen LogP contribution in [-0.2, 0) is 9.59 Å². The Morgan fingerprint density at radius 3 is 2.24 bits per heavy atom. The van der Waals surface area contributed by atoms with Crippen LogP contribution in [0, 0.1) is 0 Å². The number of hydrogen-bond donors (Lipinski definition) is 2. The first-order valence-electron chi connectivity index (χ1n) is 7.53. The largest absolute Gasteiger partial charge is 0.481 e. The van der Waals surface area contributed by atoms with Gasteiger partial charge in [-0.1, -0.05) is 0 Å². The first kappa shape index (κ1) is 17.3. The molecule has 7 nitrogen and oxygen atoms in total. The van der Waals surface area contributed by atoms with Crippen molar-refractivity contribution in [2.75, 3.05) is 26.2 Å². The summed E-state index contributed by atoms with van der Waals surface area (Å²) in [4.78, 5) is 37.7. The second kappa shape index (κ2) is 8.49. The molecule has 7 heteroatoms. The molecule has 0 bridgehead atoms. The topological polar surface area (TPSA) is 90.0 Å². The molecule has 0 saturated heterocycles. The normalized spacial score (nSPS) is 13.6. The highest BCUT2D eigenvalue weighted by Crippen LogP contribution is 2.26. The van der Waals surface area contributed by atoms with Crippen LogP contribution >= 0.6 is 0 Å². The number of aliphatic carboxylic acids is 1. The maximum absolute atomic E-state index is 12.0. The van der Waals surface area contributed by atoms with Gasteiger partial charge in [-0.15, -0.1) is 0 Å². The smallest absolute Gasteiger partial charge is 0.317 e. The second-order valence-corrected chi connectivity index (χ2v) is 5.12. The molecule has 0 aromatic carbocycles. The summed E-state index contributed by atoms with van der Waals surface area (Å²) in [6, 6.07) is -0.117. The average Bonchev–Trinajstić information content (AvgIpc) is 3.24. The molecule has 2 N–H and O–H groups in total. The van der Waals surface area contributed by atoms with E-state index in [1.165, 1.54) is 0 Å². The summed E-state index contributed by atoms with van der Waals surface area (Å²) in [6.07, 6.45) is 2.06. The van der Waals surface area contributed by atoms with Crippen molar-refractivity contribution in [2.45, 2.75) is 45.6 Å². The van der Waals surface area contributed by atoms with Gasteiger partial charge in [-0.3, -0.25) is 9.59 Å². The fraction of sp³-hybridized carbons (Fsp3) is 0.786. The van der Waals surface area contributed by atoms with Gasteiger partial charge in [0.15, 0.2) is 0 Å². The molecule has 0 aliphatic heterocycles. The van der Waals surface area contributed by atoms with E-state index in [1.807, 2.05) is 13.8 Å². The number of hydrogen-bond acceptors (Lipinski definition) is 3. The molecular weight excluding hydrogens is 274 g/mol. The van der Waals surface area contributed by atoms with E-state index in [9.17, 15) is 14.4 Å². The summed E-state index contributed by atoms with van der Waals surface area (Å²) in [5.41, 5.74) is 0. The number of nitrogens with one attached hydrogen (secondary N) is 1. The minimum absolute atomic E-state index is 0.0174. The Labute approximate surface area is 125 Å². The van der Waals surface area contributed by atoms with E-state index in [-0.39, 0.29) is 43.9 Å². The molecular formula is C14H25N3O4. The first-order chi connectivity index (χ1) is 9.99. The van der Waals surface area contributed by atoms with E-state index in [0.717, 1.165) is 12.8 Å². The van der Waals surface area contributed by atoms with Crippen molar-refractivity contribution in [3.63, 3.8) is 0 Å². The zero-order valence-electron chi connectivity index (χ0n) is 12.8. The van der Waals surface area contributed by atoms with Gasteiger partial charge in [-0.2, -0.15) is 0 Å². The predicted molar refractivity (Wildman–Crippen MR) is 77.9 cm³/mol. The van der Waals surface area contributed by atoms with Crippen LogP contribution in [0.25, 0.3) is 0 Å². The Bertz CT molecular complexity index is 378. The van der Waals surface area contributed by atoms with Crippen LogP contribution in [0.15, 0.2) is 0 Å². The first-order valence-corrected chi connectivity index (χ1v) is 7.53. The molecule has 3 amide bonds. The summed E-state index contributed by atoms with van der Waals surface area (Å²) in [5, 5.41) is 11.4. The van der Waals surface area contributed by atoms with Crippen LogP contribution in [0.4, 0.5) is 4.79 Å². The van der Waals surface area contributed by atoms with Gasteiger partial charge in [-0.05, 0) is 26.7 Å². The number of carboxylic acid groups (broad SMARTS) is 1. The Morgan fingerprint density at radius 2 is 1.76 bits per heavy atom. The third-order valence-electron chi connectivity index (χ3n) is 3.55. The summed E-state index contributed by atoms with van der Waals surface area (Å²) < 4.78 is 0. The van der Waals surface area contributed by atoms with Gasteiger partial charge in [0.2, 0.25) is 5.91 Å². The maximum Gasteiger partial charge on any atom is 0.317 e. The molecule has 1 aliphatic carbocycles. The molecule has 1 rings (SSSR count). The van der Waals surface area contributed by atoms with E-state index in [0.29, 0.717) is 13.1 Å². The molecule has 1 saturated carbocycles. The van der Waals surface area contributed by atoms with E-state index in [4.69, 9.17) is 5.11 Å². The highest BCUT2D eigenvalue weighted by Gasteiger charge is 2.32. The molecule has 0 unspecified atom stereocenters. The molecule has 120 valence electrons. The van der Waals surface area contributed by atoms with Gasteiger partial charge in [0, 0.05) is 38.6 Å². The van der Waals surface area contributed by atoms with E-state index in [2.05, 4.69) is 5.32 Å². The van der Waals surface area contributed by atoms with E-state index in [1.54, 1.807) is 9.80 Å². The summed E-state index contributed by atoms with van der Waals surface area (Å²) in [5.74, 6) is -0.894. The summed E-state index contributed by atoms with van der Waals surface area (Å²) in [7, 11) is 0. The Morgan fingerprint density at radius 1 is 1.14 bits per heavy atom. The zero-order valence-corrected chi connectivity index (χ0v) is 12.8. The highest BCUT2D eigenvalue weighted by atomic mass is 16.4. The quantitative estimate of drug-likeness (QED) is 0.661. The monoisotopic (exact) mass is 299 g/mol. The fourth-order valence-corrected chi connectivity index (χ4v) is 2.16. The fourth-order valence-electron chi connectivity index (χ4n) is 2.16. The summed E-state index contributed by atoms with van der Waals surface area (Å²) in [6.45, 7) is 5.66. The number of rotatable bonds is 9. The number of nitrogens with zero attached hydrogens (tertiary/aromatic N) is 2. The third kappa shape index (κ3) is 6.01. The average molecular weight is 299 g/mol. The molecule has 0 heterocycles. The van der Waals surface area contributed by atoms with Gasteiger partial charge in [0.05, 0.1) is 6.42 Å². The second-order valence-electron chi connectivity index (χ2n) is 5.12.